The van der Waals surface area contributed by atoms with E-state index in [-0.39, 0.29) is 11.6 Å². The van der Waals surface area contributed by atoms with Gasteiger partial charge < -0.3 is 19.7 Å². The van der Waals surface area contributed by atoms with Crippen molar-refractivity contribution in [3.8, 4) is 5.88 Å². The molecule has 6 nitrogen and oxygen atoms in total. The first-order chi connectivity index (χ1) is 6.19. The zero-order chi connectivity index (χ0) is 9.84. The average Bonchev–Trinajstić information content (AvgIpc) is 2.63. The van der Waals surface area contributed by atoms with Gasteiger partial charge in [0.25, 0.3) is 5.88 Å². The van der Waals surface area contributed by atoms with Crippen LogP contribution in [0.15, 0.2) is 10.6 Å². The van der Waals surface area contributed by atoms with Crippen molar-refractivity contribution in [3.63, 3.8) is 0 Å². The van der Waals surface area contributed by atoms with E-state index in [0.29, 0.717) is 0 Å². The maximum Gasteiger partial charge on any atom is 0.330 e. The van der Waals surface area contributed by atoms with E-state index in [2.05, 4.69) is 9.89 Å². The van der Waals surface area contributed by atoms with Gasteiger partial charge >= 0.3 is 5.97 Å². The fourth-order valence-corrected chi connectivity index (χ4v) is 0.758. The lowest BCUT2D eigenvalue weighted by Gasteiger charge is -2.03. The fraction of sp³-hybridized carbons (Fsp3) is 0.429. The SMILES string of the molecule is COC(=O)C(N)c1cc(OC)no1. The molecule has 1 heterocycles. The van der Waals surface area contributed by atoms with E-state index >= 15 is 0 Å². The van der Waals surface area contributed by atoms with Crippen LogP contribution in [0.2, 0.25) is 0 Å². The van der Waals surface area contributed by atoms with Crippen molar-refractivity contribution in [2.24, 2.45) is 5.73 Å². The number of hydrogen-bond acceptors (Lipinski definition) is 6. The smallest absolute Gasteiger partial charge is 0.330 e. The third-order valence-electron chi connectivity index (χ3n) is 1.48. The van der Waals surface area contributed by atoms with E-state index in [4.69, 9.17) is 15.0 Å². The van der Waals surface area contributed by atoms with Gasteiger partial charge in [-0.05, 0) is 5.16 Å². The molecular weight excluding hydrogens is 176 g/mol. The van der Waals surface area contributed by atoms with Crippen molar-refractivity contribution < 1.29 is 18.8 Å². The number of rotatable bonds is 3. The van der Waals surface area contributed by atoms with Gasteiger partial charge in [-0.1, -0.05) is 0 Å². The van der Waals surface area contributed by atoms with Crippen molar-refractivity contribution in [3.05, 3.63) is 11.8 Å². The molecule has 0 aliphatic carbocycles. The summed E-state index contributed by atoms with van der Waals surface area (Å²) in [5.74, 6) is -0.100. The summed E-state index contributed by atoms with van der Waals surface area (Å²) in [7, 11) is 2.68. The number of ether oxygens (including phenoxy) is 2. The quantitative estimate of drug-likeness (QED) is 0.661. The first-order valence-corrected chi connectivity index (χ1v) is 3.53. The molecule has 0 aliphatic heterocycles. The highest BCUT2D eigenvalue weighted by Gasteiger charge is 2.21. The van der Waals surface area contributed by atoms with Gasteiger partial charge in [-0.3, -0.25) is 0 Å². The summed E-state index contributed by atoms with van der Waals surface area (Å²) in [6, 6.07) is 0.475. The maximum atomic E-state index is 10.9. The molecule has 1 atom stereocenters. The number of carbonyl (C=O) groups excluding carboxylic acids is 1. The van der Waals surface area contributed by atoms with Crippen LogP contribution in [0, 0.1) is 0 Å². The maximum absolute atomic E-state index is 10.9. The zero-order valence-corrected chi connectivity index (χ0v) is 7.31. The van der Waals surface area contributed by atoms with Crippen molar-refractivity contribution in [2.75, 3.05) is 14.2 Å². The molecule has 0 aliphatic rings. The van der Waals surface area contributed by atoms with E-state index in [1.165, 1.54) is 20.3 Å². The van der Waals surface area contributed by atoms with Crippen LogP contribution in [0.3, 0.4) is 0 Å². The Morgan fingerprint density at radius 1 is 1.69 bits per heavy atom. The van der Waals surface area contributed by atoms with E-state index in [1.54, 1.807) is 0 Å². The molecule has 0 fully saturated rings. The van der Waals surface area contributed by atoms with Crippen LogP contribution in [0.1, 0.15) is 11.8 Å². The number of nitrogens with zero attached hydrogens (tertiary/aromatic N) is 1. The lowest BCUT2D eigenvalue weighted by Crippen LogP contribution is -2.21. The number of aromatic nitrogens is 1. The Hall–Kier alpha value is -1.56. The minimum absolute atomic E-state index is 0.212. The highest BCUT2D eigenvalue weighted by Crippen LogP contribution is 2.17. The second-order valence-electron chi connectivity index (χ2n) is 2.27. The highest BCUT2D eigenvalue weighted by atomic mass is 16.5. The molecule has 0 bridgehead atoms. The van der Waals surface area contributed by atoms with Gasteiger partial charge in [-0.15, -0.1) is 0 Å². The zero-order valence-electron chi connectivity index (χ0n) is 7.31. The molecule has 0 aromatic carbocycles. The number of hydrogen-bond donors (Lipinski definition) is 1. The first kappa shape index (κ1) is 9.53. The second kappa shape index (κ2) is 3.90. The van der Waals surface area contributed by atoms with Crippen molar-refractivity contribution in [1.82, 2.24) is 5.16 Å². The summed E-state index contributed by atoms with van der Waals surface area (Å²) < 4.78 is 13.9. The van der Waals surface area contributed by atoms with Crippen LogP contribution in [0.4, 0.5) is 0 Å². The average molecular weight is 186 g/mol. The molecule has 1 aromatic rings. The Kier molecular flexibility index (Phi) is 2.86. The van der Waals surface area contributed by atoms with Crippen LogP contribution < -0.4 is 10.5 Å². The summed E-state index contributed by atoms with van der Waals surface area (Å²) in [6.45, 7) is 0. The van der Waals surface area contributed by atoms with Gasteiger partial charge in [0.05, 0.1) is 14.2 Å². The van der Waals surface area contributed by atoms with E-state index in [0.717, 1.165) is 0 Å². The monoisotopic (exact) mass is 186 g/mol. The van der Waals surface area contributed by atoms with Crippen LogP contribution in [0.5, 0.6) is 5.88 Å². The van der Waals surface area contributed by atoms with E-state index < -0.39 is 12.0 Å². The van der Waals surface area contributed by atoms with Crippen molar-refractivity contribution >= 4 is 5.97 Å². The Bertz CT molecular complexity index is 296. The lowest BCUT2D eigenvalue weighted by atomic mass is 10.2. The summed E-state index contributed by atoms with van der Waals surface area (Å²) in [4.78, 5) is 10.9. The molecule has 6 heteroatoms. The number of nitrogens with two attached hydrogens (primary N) is 1. The third kappa shape index (κ3) is 1.97. The van der Waals surface area contributed by atoms with Gasteiger partial charge in [0.2, 0.25) is 0 Å². The molecule has 2 N–H and O–H groups in total. The molecule has 13 heavy (non-hydrogen) atoms. The first-order valence-electron chi connectivity index (χ1n) is 3.53. The molecule has 1 aromatic heterocycles. The topological polar surface area (TPSA) is 87.6 Å². The Morgan fingerprint density at radius 2 is 2.38 bits per heavy atom. The van der Waals surface area contributed by atoms with Crippen LogP contribution in [-0.2, 0) is 9.53 Å². The van der Waals surface area contributed by atoms with E-state index in [1.807, 2.05) is 0 Å². The number of carbonyl (C=O) groups is 1. The van der Waals surface area contributed by atoms with Crippen LogP contribution in [0.25, 0.3) is 0 Å². The van der Waals surface area contributed by atoms with Gasteiger partial charge in [0, 0.05) is 6.07 Å². The summed E-state index contributed by atoms with van der Waals surface area (Å²) in [5.41, 5.74) is 5.45. The third-order valence-corrected chi connectivity index (χ3v) is 1.48. The summed E-state index contributed by atoms with van der Waals surface area (Å²) in [6.07, 6.45) is 0. The van der Waals surface area contributed by atoms with Gasteiger partial charge in [0.15, 0.2) is 11.8 Å². The van der Waals surface area contributed by atoms with E-state index in [9.17, 15) is 4.79 Å². The van der Waals surface area contributed by atoms with Crippen molar-refractivity contribution in [1.29, 1.82) is 0 Å². The minimum atomic E-state index is -0.957. The molecule has 1 unspecified atom stereocenters. The molecule has 0 radical (unpaired) electrons. The van der Waals surface area contributed by atoms with Gasteiger partial charge in [0.1, 0.15) is 0 Å². The Balaban J connectivity index is 2.76. The molecule has 0 saturated heterocycles. The molecular formula is C7H10N2O4. The molecule has 72 valence electrons. The van der Waals surface area contributed by atoms with Gasteiger partial charge in [-0.25, -0.2) is 4.79 Å². The lowest BCUT2D eigenvalue weighted by molar-refractivity contribution is -0.142. The Labute approximate surface area is 74.6 Å². The van der Waals surface area contributed by atoms with Crippen LogP contribution >= 0.6 is 0 Å². The number of esters is 1. The second-order valence-corrected chi connectivity index (χ2v) is 2.27. The fourth-order valence-electron chi connectivity index (χ4n) is 0.758. The summed E-state index contributed by atoms with van der Waals surface area (Å²) >= 11 is 0. The molecule has 0 spiro atoms. The Morgan fingerprint density at radius 3 is 2.85 bits per heavy atom. The normalized spacial score (nSPS) is 12.2. The largest absolute Gasteiger partial charge is 0.479 e. The number of methoxy groups -OCH3 is 2. The predicted molar refractivity (Wildman–Crippen MR) is 42.0 cm³/mol. The van der Waals surface area contributed by atoms with Gasteiger partial charge in [-0.2, -0.15) is 0 Å². The molecule has 0 saturated carbocycles. The molecule has 1 rings (SSSR count). The highest BCUT2D eigenvalue weighted by molar-refractivity contribution is 5.76. The minimum Gasteiger partial charge on any atom is -0.479 e. The molecule has 0 amide bonds. The summed E-state index contributed by atoms with van der Waals surface area (Å²) in [5, 5.41) is 3.49. The predicted octanol–water partition coefficient (Wildman–Crippen LogP) is -0.144. The van der Waals surface area contributed by atoms with Crippen LogP contribution in [-0.4, -0.2) is 25.3 Å². The standard InChI is InChI=1S/C7H10N2O4/c1-11-5-3-4(13-9-5)6(8)7(10)12-2/h3,6H,8H2,1-2H3. The van der Waals surface area contributed by atoms with Crippen molar-refractivity contribution in [2.45, 2.75) is 6.04 Å².